The molecule has 2 N–H and O–H groups in total. The summed E-state index contributed by atoms with van der Waals surface area (Å²) in [5.74, 6) is -0.119. The summed E-state index contributed by atoms with van der Waals surface area (Å²) in [4.78, 5) is 11.1. The van der Waals surface area contributed by atoms with Gasteiger partial charge >= 0.3 is 0 Å². The molecule has 0 fully saturated rings. The Morgan fingerprint density at radius 3 is 2.36 bits per heavy atom. The van der Waals surface area contributed by atoms with Gasteiger partial charge in [-0.15, -0.1) is 0 Å². The van der Waals surface area contributed by atoms with Gasteiger partial charge < -0.3 is 0 Å². The predicted octanol–water partition coefficient (Wildman–Crippen LogP) is 0.188. The van der Waals surface area contributed by atoms with Crippen LogP contribution in [-0.2, 0) is 15.0 Å². The van der Waals surface area contributed by atoms with Crippen molar-refractivity contribution in [2.45, 2.75) is 39.7 Å². The third-order valence-electron chi connectivity index (χ3n) is 1.71. The van der Waals surface area contributed by atoms with Gasteiger partial charge in [-0.25, -0.2) is 4.72 Å². The molecule has 14 heavy (non-hydrogen) atoms. The molecule has 0 aromatic carbocycles. The van der Waals surface area contributed by atoms with E-state index < -0.39 is 16.3 Å². The maximum absolute atomic E-state index is 11.2. The van der Waals surface area contributed by atoms with Crippen LogP contribution in [0.1, 0.15) is 33.6 Å². The summed E-state index contributed by atoms with van der Waals surface area (Å²) in [6.45, 7) is 5.48. The van der Waals surface area contributed by atoms with Crippen molar-refractivity contribution in [1.82, 2.24) is 9.44 Å². The minimum absolute atomic E-state index is 0.119. The van der Waals surface area contributed by atoms with E-state index in [1.165, 1.54) is 6.92 Å². The Morgan fingerprint density at radius 2 is 1.93 bits per heavy atom. The minimum Gasteiger partial charge on any atom is -0.298 e. The van der Waals surface area contributed by atoms with Crippen LogP contribution >= 0.6 is 0 Å². The molecule has 0 bridgehead atoms. The molecule has 6 heteroatoms. The lowest BCUT2D eigenvalue weighted by Gasteiger charge is -2.12. The third-order valence-corrected chi connectivity index (χ3v) is 2.95. The first-order chi connectivity index (χ1) is 6.43. The van der Waals surface area contributed by atoms with Gasteiger partial charge in [-0.05, 0) is 13.3 Å². The third kappa shape index (κ3) is 5.31. The van der Waals surface area contributed by atoms with Crippen molar-refractivity contribution in [2.24, 2.45) is 0 Å². The van der Waals surface area contributed by atoms with Crippen LogP contribution in [-0.4, -0.2) is 26.8 Å². The molecule has 0 saturated heterocycles. The SMILES string of the molecule is CCCNS(=O)(=O)NC(C)C(=O)CC. The summed E-state index contributed by atoms with van der Waals surface area (Å²) >= 11 is 0. The monoisotopic (exact) mass is 222 g/mol. The molecule has 84 valence electrons. The number of hydrogen-bond donors (Lipinski definition) is 2. The zero-order valence-corrected chi connectivity index (χ0v) is 9.65. The summed E-state index contributed by atoms with van der Waals surface area (Å²) in [7, 11) is -3.52. The second-order valence-electron chi connectivity index (χ2n) is 3.06. The molecule has 0 aromatic heterocycles. The zero-order chi connectivity index (χ0) is 11.2. The van der Waals surface area contributed by atoms with Crippen LogP contribution in [0, 0.1) is 0 Å². The minimum atomic E-state index is -3.52. The van der Waals surface area contributed by atoms with E-state index >= 15 is 0 Å². The van der Waals surface area contributed by atoms with Crippen molar-refractivity contribution in [1.29, 1.82) is 0 Å². The fraction of sp³-hybridized carbons (Fsp3) is 0.875. The van der Waals surface area contributed by atoms with E-state index in [1.807, 2.05) is 6.92 Å². The van der Waals surface area contributed by atoms with Crippen molar-refractivity contribution in [3.63, 3.8) is 0 Å². The van der Waals surface area contributed by atoms with E-state index in [9.17, 15) is 13.2 Å². The Bertz CT molecular complexity index is 274. The smallest absolute Gasteiger partial charge is 0.277 e. The van der Waals surface area contributed by atoms with E-state index in [2.05, 4.69) is 9.44 Å². The topological polar surface area (TPSA) is 75.3 Å². The fourth-order valence-corrected chi connectivity index (χ4v) is 2.04. The van der Waals surface area contributed by atoms with Crippen LogP contribution in [0.4, 0.5) is 0 Å². The molecule has 0 aromatic rings. The molecular weight excluding hydrogens is 204 g/mol. The lowest BCUT2D eigenvalue weighted by atomic mass is 10.2. The van der Waals surface area contributed by atoms with Crippen LogP contribution in [0.5, 0.6) is 0 Å². The van der Waals surface area contributed by atoms with Crippen LogP contribution in [0.3, 0.4) is 0 Å². The number of carbonyl (C=O) groups excluding carboxylic acids is 1. The summed E-state index contributed by atoms with van der Waals surface area (Å²) in [6.07, 6.45) is 1.05. The second-order valence-corrected chi connectivity index (χ2v) is 4.59. The first kappa shape index (κ1) is 13.5. The molecule has 1 unspecified atom stereocenters. The number of hydrogen-bond acceptors (Lipinski definition) is 3. The summed E-state index contributed by atoms with van der Waals surface area (Å²) < 4.78 is 27.1. The number of Topliss-reactive ketones (excluding diaryl/α,β-unsaturated/α-hetero) is 1. The Labute approximate surface area is 85.5 Å². The number of carbonyl (C=O) groups is 1. The van der Waals surface area contributed by atoms with Gasteiger partial charge in [0.1, 0.15) is 5.78 Å². The predicted molar refractivity (Wildman–Crippen MR) is 55.1 cm³/mol. The average molecular weight is 222 g/mol. The highest BCUT2D eigenvalue weighted by Crippen LogP contribution is 1.92. The summed E-state index contributed by atoms with van der Waals surface area (Å²) in [5, 5.41) is 0. The maximum atomic E-state index is 11.2. The molecule has 0 aliphatic carbocycles. The van der Waals surface area contributed by atoms with Crippen molar-refractivity contribution < 1.29 is 13.2 Å². The van der Waals surface area contributed by atoms with Crippen molar-refractivity contribution in [2.75, 3.05) is 6.54 Å². The van der Waals surface area contributed by atoms with Crippen molar-refractivity contribution in [3.8, 4) is 0 Å². The molecule has 5 nitrogen and oxygen atoms in total. The molecule has 0 aliphatic rings. The number of nitrogens with one attached hydrogen (secondary N) is 2. The van der Waals surface area contributed by atoms with Gasteiger partial charge in [-0.2, -0.15) is 13.1 Å². The normalized spacial score (nSPS) is 13.9. The largest absolute Gasteiger partial charge is 0.298 e. The summed E-state index contributed by atoms with van der Waals surface area (Å²) in [6, 6.07) is -0.658. The highest BCUT2D eigenvalue weighted by molar-refractivity contribution is 7.87. The Balaban J connectivity index is 4.15. The Kier molecular flexibility index (Phi) is 5.90. The van der Waals surface area contributed by atoms with Gasteiger partial charge in [-0.1, -0.05) is 13.8 Å². The van der Waals surface area contributed by atoms with Gasteiger partial charge in [0, 0.05) is 13.0 Å². The average Bonchev–Trinajstić information content (AvgIpc) is 2.12. The second kappa shape index (κ2) is 6.10. The highest BCUT2D eigenvalue weighted by atomic mass is 32.2. The lowest BCUT2D eigenvalue weighted by molar-refractivity contribution is -0.119. The van der Waals surface area contributed by atoms with Gasteiger partial charge in [0.2, 0.25) is 0 Å². The molecule has 0 aliphatic heterocycles. The van der Waals surface area contributed by atoms with Gasteiger partial charge in [0.05, 0.1) is 6.04 Å². The Hall–Kier alpha value is -0.460. The van der Waals surface area contributed by atoms with Crippen LogP contribution < -0.4 is 9.44 Å². The molecule has 0 radical (unpaired) electrons. The molecule has 0 rings (SSSR count). The number of ketones is 1. The van der Waals surface area contributed by atoms with E-state index in [4.69, 9.17) is 0 Å². The molecule has 0 spiro atoms. The van der Waals surface area contributed by atoms with E-state index in [1.54, 1.807) is 6.92 Å². The molecule has 0 heterocycles. The first-order valence-corrected chi connectivity index (χ1v) is 6.20. The quantitative estimate of drug-likeness (QED) is 0.645. The zero-order valence-electron chi connectivity index (χ0n) is 8.83. The van der Waals surface area contributed by atoms with Gasteiger partial charge in [0.15, 0.2) is 0 Å². The highest BCUT2D eigenvalue weighted by Gasteiger charge is 2.17. The standard InChI is InChI=1S/C8H18N2O3S/c1-4-6-9-14(12,13)10-7(3)8(11)5-2/h7,9-10H,4-6H2,1-3H3. The van der Waals surface area contributed by atoms with Crippen molar-refractivity contribution >= 4 is 16.0 Å². The van der Waals surface area contributed by atoms with Gasteiger partial charge in [0.25, 0.3) is 10.2 Å². The van der Waals surface area contributed by atoms with Crippen LogP contribution in [0.2, 0.25) is 0 Å². The molecule has 0 saturated carbocycles. The van der Waals surface area contributed by atoms with Gasteiger partial charge in [-0.3, -0.25) is 4.79 Å². The fourth-order valence-electron chi connectivity index (χ4n) is 0.883. The molecule has 0 amide bonds. The summed E-state index contributed by atoms with van der Waals surface area (Å²) in [5.41, 5.74) is 0. The number of rotatable bonds is 7. The Morgan fingerprint density at radius 1 is 1.36 bits per heavy atom. The van der Waals surface area contributed by atoms with Crippen LogP contribution in [0.25, 0.3) is 0 Å². The lowest BCUT2D eigenvalue weighted by Crippen LogP contribution is -2.44. The molecule has 1 atom stereocenters. The van der Waals surface area contributed by atoms with E-state index in [0.717, 1.165) is 6.42 Å². The van der Waals surface area contributed by atoms with Crippen molar-refractivity contribution in [3.05, 3.63) is 0 Å². The van der Waals surface area contributed by atoms with E-state index in [0.29, 0.717) is 13.0 Å². The molecular formula is C8H18N2O3S. The van der Waals surface area contributed by atoms with Crippen LogP contribution in [0.15, 0.2) is 0 Å². The first-order valence-electron chi connectivity index (χ1n) is 4.72. The van der Waals surface area contributed by atoms with E-state index in [-0.39, 0.29) is 5.78 Å². The maximum Gasteiger partial charge on any atom is 0.277 e.